The van der Waals surface area contributed by atoms with E-state index in [1.807, 2.05) is 19.1 Å². The van der Waals surface area contributed by atoms with Crippen molar-refractivity contribution in [1.82, 2.24) is 4.98 Å². The molecule has 3 heteroatoms. The van der Waals surface area contributed by atoms with Crippen LogP contribution in [-0.4, -0.2) is 24.8 Å². The van der Waals surface area contributed by atoms with Crippen LogP contribution >= 0.6 is 0 Å². The summed E-state index contributed by atoms with van der Waals surface area (Å²) in [6.07, 6.45) is 4.51. The van der Waals surface area contributed by atoms with Crippen LogP contribution in [0.2, 0.25) is 0 Å². The molecule has 3 nitrogen and oxygen atoms in total. The molecule has 0 amide bonds. The van der Waals surface area contributed by atoms with Crippen molar-refractivity contribution in [3.05, 3.63) is 24.5 Å². The molecule has 13 heavy (non-hydrogen) atoms. The second kappa shape index (κ2) is 5.54. The van der Waals surface area contributed by atoms with Crippen molar-refractivity contribution in [2.75, 3.05) is 13.7 Å². The highest BCUT2D eigenvalue weighted by Gasteiger charge is 2.02. The molecule has 0 spiro atoms. The third-order valence-electron chi connectivity index (χ3n) is 1.70. The van der Waals surface area contributed by atoms with Crippen molar-refractivity contribution in [3.8, 4) is 5.75 Å². The third-order valence-corrected chi connectivity index (χ3v) is 1.70. The van der Waals surface area contributed by atoms with E-state index in [4.69, 9.17) is 9.47 Å². The summed E-state index contributed by atoms with van der Waals surface area (Å²) in [5.41, 5.74) is 0. The first kappa shape index (κ1) is 9.99. The van der Waals surface area contributed by atoms with E-state index in [1.165, 1.54) is 0 Å². The molecule has 1 atom stereocenters. The Bertz CT molecular complexity index is 226. The predicted octanol–water partition coefficient (Wildman–Crippen LogP) is 1.89. The molecular weight excluding hydrogens is 166 g/mol. The normalized spacial score (nSPS) is 12.5. The van der Waals surface area contributed by atoms with Gasteiger partial charge in [0.15, 0.2) is 0 Å². The lowest BCUT2D eigenvalue weighted by Gasteiger charge is -2.13. The van der Waals surface area contributed by atoms with Gasteiger partial charge in [-0.05, 0) is 19.1 Å². The van der Waals surface area contributed by atoms with Crippen molar-refractivity contribution < 1.29 is 9.47 Å². The van der Waals surface area contributed by atoms with E-state index >= 15 is 0 Å². The topological polar surface area (TPSA) is 31.4 Å². The van der Waals surface area contributed by atoms with E-state index in [9.17, 15) is 0 Å². The first-order valence-corrected chi connectivity index (χ1v) is 4.38. The van der Waals surface area contributed by atoms with Gasteiger partial charge in [-0.3, -0.25) is 4.98 Å². The van der Waals surface area contributed by atoms with Crippen LogP contribution in [0.3, 0.4) is 0 Å². The highest BCUT2D eigenvalue weighted by molar-refractivity contribution is 5.15. The Morgan fingerprint density at radius 3 is 3.00 bits per heavy atom. The monoisotopic (exact) mass is 181 g/mol. The summed E-state index contributed by atoms with van der Waals surface area (Å²) < 4.78 is 10.5. The molecule has 1 heterocycles. The van der Waals surface area contributed by atoms with Gasteiger partial charge in [-0.1, -0.05) is 0 Å². The van der Waals surface area contributed by atoms with Crippen molar-refractivity contribution in [2.45, 2.75) is 19.4 Å². The maximum Gasteiger partial charge on any atom is 0.137 e. The highest BCUT2D eigenvalue weighted by atomic mass is 16.5. The summed E-state index contributed by atoms with van der Waals surface area (Å²) in [7, 11) is 1.69. The van der Waals surface area contributed by atoms with Crippen LogP contribution in [0.25, 0.3) is 0 Å². The summed E-state index contributed by atoms with van der Waals surface area (Å²) in [6.45, 7) is 2.74. The van der Waals surface area contributed by atoms with E-state index in [-0.39, 0.29) is 6.10 Å². The molecule has 0 saturated heterocycles. The summed E-state index contributed by atoms with van der Waals surface area (Å²) in [4.78, 5) is 3.96. The van der Waals surface area contributed by atoms with Gasteiger partial charge >= 0.3 is 0 Å². The molecule has 0 fully saturated rings. The van der Waals surface area contributed by atoms with Crippen LogP contribution in [0.1, 0.15) is 13.3 Å². The highest BCUT2D eigenvalue weighted by Crippen LogP contribution is 2.10. The fraction of sp³-hybridized carbons (Fsp3) is 0.500. The molecule has 1 unspecified atom stereocenters. The van der Waals surface area contributed by atoms with Crippen molar-refractivity contribution in [3.63, 3.8) is 0 Å². The first-order valence-electron chi connectivity index (χ1n) is 4.38. The average Bonchev–Trinajstić information content (AvgIpc) is 2.16. The van der Waals surface area contributed by atoms with Crippen LogP contribution in [0.15, 0.2) is 24.5 Å². The minimum atomic E-state index is 0.171. The summed E-state index contributed by atoms with van der Waals surface area (Å²) in [6, 6.07) is 3.76. The van der Waals surface area contributed by atoms with E-state index in [1.54, 1.807) is 19.5 Å². The molecule has 0 radical (unpaired) electrons. The molecule has 0 aliphatic carbocycles. The molecule has 0 aliphatic rings. The smallest absolute Gasteiger partial charge is 0.137 e. The zero-order valence-corrected chi connectivity index (χ0v) is 8.06. The van der Waals surface area contributed by atoms with Crippen LogP contribution < -0.4 is 4.74 Å². The lowest BCUT2D eigenvalue weighted by Crippen LogP contribution is -2.14. The number of methoxy groups -OCH3 is 1. The van der Waals surface area contributed by atoms with Crippen LogP contribution in [0.4, 0.5) is 0 Å². The van der Waals surface area contributed by atoms with Crippen LogP contribution in [0.5, 0.6) is 5.75 Å². The van der Waals surface area contributed by atoms with Gasteiger partial charge in [-0.2, -0.15) is 0 Å². The zero-order valence-electron chi connectivity index (χ0n) is 8.06. The number of aromatic nitrogens is 1. The van der Waals surface area contributed by atoms with Gasteiger partial charge in [0.2, 0.25) is 0 Å². The lowest BCUT2D eigenvalue weighted by molar-refractivity contribution is 0.135. The van der Waals surface area contributed by atoms with Gasteiger partial charge in [0, 0.05) is 26.3 Å². The Kier molecular flexibility index (Phi) is 4.26. The van der Waals surface area contributed by atoms with Gasteiger partial charge in [-0.15, -0.1) is 0 Å². The molecule has 1 aromatic rings. The molecule has 1 rings (SSSR count). The number of hydrogen-bond acceptors (Lipinski definition) is 3. The Balaban J connectivity index is 2.32. The molecule has 0 N–H and O–H groups in total. The van der Waals surface area contributed by atoms with E-state index in [0.29, 0.717) is 0 Å². The largest absolute Gasteiger partial charge is 0.489 e. The number of nitrogens with zero attached hydrogens (tertiary/aromatic N) is 1. The number of ether oxygens (including phenoxy) is 2. The second-order valence-corrected chi connectivity index (χ2v) is 2.90. The second-order valence-electron chi connectivity index (χ2n) is 2.90. The van der Waals surface area contributed by atoms with Gasteiger partial charge in [-0.25, -0.2) is 0 Å². The molecule has 0 bridgehead atoms. The molecule has 1 aromatic heterocycles. The first-order chi connectivity index (χ1) is 6.33. The van der Waals surface area contributed by atoms with Crippen LogP contribution in [-0.2, 0) is 4.74 Å². The summed E-state index contributed by atoms with van der Waals surface area (Å²) in [5.74, 6) is 0.811. The Labute approximate surface area is 78.7 Å². The Morgan fingerprint density at radius 1 is 1.54 bits per heavy atom. The number of rotatable bonds is 5. The summed E-state index contributed by atoms with van der Waals surface area (Å²) >= 11 is 0. The molecule has 0 saturated carbocycles. The molecule has 0 aromatic carbocycles. The number of pyridine rings is 1. The maximum atomic E-state index is 5.57. The Hall–Kier alpha value is -1.09. The fourth-order valence-corrected chi connectivity index (χ4v) is 0.992. The minimum Gasteiger partial charge on any atom is -0.489 e. The predicted molar refractivity (Wildman–Crippen MR) is 50.8 cm³/mol. The van der Waals surface area contributed by atoms with E-state index < -0.39 is 0 Å². The maximum absolute atomic E-state index is 5.57. The van der Waals surface area contributed by atoms with Crippen molar-refractivity contribution in [1.29, 1.82) is 0 Å². The third kappa shape index (κ3) is 3.90. The fourth-order valence-electron chi connectivity index (χ4n) is 0.992. The quantitative estimate of drug-likeness (QED) is 0.695. The van der Waals surface area contributed by atoms with Gasteiger partial charge in [0.05, 0.1) is 12.3 Å². The number of hydrogen-bond donors (Lipinski definition) is 0. The molecule has 0 aliphatic heterocycles. The SMILES string of the molecule is COCCC(C)Oc1cccnc1. The van der Waals surface area contributed by atoms with Crippen molar-refractivity contribution >= 4 is 0 Å². The molecular formula is C10H15NO2. The van der Waals surface area contributed by atoms with Crippen LogP contribution in [0, 0.1) is 0 Å². The average molecular weight is 181 g/mol. The lowest BCUT2D eigenvalue weighted by atomic mass is 10.3. The van der Waals surface area contributed by atoms with Gasteiger partial charge in [0.25, 0.3) is 0 Å². The Morgan fingerprint density at radius 2 is 2.38 bits per heavy atom. The molecule has 72 valence electrons. The zero-order chi connectivity index (χ0) is 9.52. The van der Waals surface area contributed by atoms with Crippen molar-refractivity contribution in [2.24, 2.45) is 0 Å². The van der Waals surface area contributed by atoms with Gasteiger partial charge in [0.1, 0.15) is 5.75 Å². The summed E-state index contributed by atoms with van der Waals surface area (Å²) in [5, 5.41) is 0. The van der Waals surface area contributed by atoms with Gasteiger partial charge < -0.3 is 9.47 Å². The van der Waals surface area contributed by atoms with E-state index in [2.05, 4.69) is 4.98 Å². The van der Waals surface area contributed by atoms with E-state index in [0.717, 1.165) is 18.8 Å². The minimum absolute atomic E-state index is 0.171. The standard InChI is InChI=1S/C10H15NO2/c1-9(5-7-12-2)13-10-4-3-6-11-8-10/h3-4,6,8-9H,5,7H2,1-2H3.